The van der Waals surface area contributed by atoms with Crippen LogP contribution in [0, 0.1) is 5.92 Å². The van der Waals surface area contributed by atoms with Crippen molar-refractivity contribution >= 4 is 5.97 Å². The van der Waals surface area contributed by atoms with Gasteiger partial charge < -0.3 is 9.47 Å². The lowest BCUT2D eigenvalue weighted by Gasteiger charge is -2.10. The quantitative estimate of drug-likeness (QED) is 0.113. The molecule has 0 saturated carbocycles. The van der Waals surface area contributed by atoms with E-state index in [1.165, 1.54) is 43.9 Å². The molecule has 0 fully saturated rings. The number of esters is 1. The lowest BCUT2D eigenvalue weighted by molar-refractivity contribution is 0.0727. The van der Waals surface area contributed by atoms with Crippen molar-refractivity contribution in [3.63, 3.8) is 0 Å². The molecule has 37 heavy (non-hydrogen) atoms. The lowest BCUT2D eigenvalue weighted by Crippen LogP contribution is -2.09. The number of benzene rings is 2. The Kier molecular flexibility index (Phi) is 11.9. The van der Waals surface area contributed by atoms with Crippen LogP contribution >= 0.6 is 0 Å². The Morgan fingerprint density at radius 3 is 2.38 bits per heavy atom. The fourth-order valence-electron chi connectivity index (χ4n) is 4.00. The third-order valence-electron chi connectivity index (χ3n) is 6.60. The number of unbranched alkanes of at least 4 members (excludes halogenated alkanes) is 4. The molecule has 0 amide bonds. The van der Waals surface area contributed by atoms with E-state index in [-0.39, 0.29) is 5.88 Å². The Morgan fingerprint density at radius 1 is 0.946 bits per heavy atom. The van der Waals surface area contributed by atoms with Crippen LogP contribution in [0.3, 0.4) is 0 Å². The minimum atomic E-state index is -0.437. The van der Waals surface area contributed by atoms with E-state index in [1.54, 1.807) is 6.20 Å². The van der Waals surface area contributed by atoms with Crippen LogP contribution in [-0.2, 0) is 6.42 Å². The number of ether oxygens (including phenoxy) is 2. The van der Waals surface area contributed by atoms with Crippen LogP contribution in [0.15, 0.2) is 73.6 Å². The molecule has 0 spiro atoms. The van der Waals surface area contributed by atoms with E-state index in [0.29, 0.717) is 11.3 Å². The zero-order chi connectivity index (χ0) is 26.3. The summed E-state index contributed by atoms with van der Waals surface area (Å²) in [5.74, 6) is 1.33. The van der Waals surface area contributed by atoms with E-state index in [9.17, 15) is 4.79 Å². The number of allylic oxidation sites excluding steroid dienone is 1. The molecule has 5 nitrogen and oxygen atoms in total. The smallest absolute Gasteiger partial charge is 0.344 e. The predicted molar refractivity (Wildman–Crippen MR) is 150 cm³/mol. The number of hydrogen-bond donors (Lipinski definition) is 0. The van der Waals surface area contributed by atoms with Gasteiger partial charge in [-0.3, -0.25) is 0 Å². The number of aromatic nitrogens is 2. The molecular weight excluding hydrogens is 460 g/mol. The molecule has 5 heteroatoms. The first-order valence-corrected chi connectivity index (χ1v) is 13.6. The van der Waals surface area contributed by atoms with Gasteiger partial charge in [0.15, 0.2) is 0 Å². The van der Waals surface area contributed by atoms with E-state index in [4.69, 9.17) is 9.47 Å². The summed E-state index contributed by atoms with van der Waals surface area (Å²) in [6, 6.07) is 15.4. The third kappa shape index (κ3) is 9.83. The van der Waals surface area contributed by atoms with Crippen molar-refractivity contribution in [1.82, 2.24) is 9.97 Å². The average Bonchev–Trinajstić information content (AvgIpc) is 2.94. The van der Waals surface area contributed by atoms with Gasteiger partial charge in [0, 0.05) is 5.56 Å². The summed E-state index contributed by atoms with van der Waals surface area (Å²) in [6.07, 6.45) is 15.4. The Labute approximate surface area is 222 Å². The molecule has 3 aromatic rings. The normalized spacial score (nSPS) is 11.6. The second-order valence-corrected chi connectivity index (χ2v) is 9.60. The predicted octanol–water partition coefficient (Wildman–Crippen LogP) is 8.25. The minimum absolute atomic E-state index is 0.179. The second-order valence-electron chi connectivity index (χ2n) is 9.60. The Morgan fingerprint density at radius 2 is 1.70 bits per heavy atom. The van der Waals surface area contributed by atoms with E-state index in [1.807, 2.05) is 54.6 Å². The van der Waals surface area contributed by atoms with Gasteiger partial charge in [-0.05, 0) is 86.4 Å². The molecular formula is C32H40N2O3. The van der Waals surface area contributed by atoms with Gasteiger partial charge in [0.1, 0.15) is 5.75 Å². The van der Waals surface area contributed by atoms with Crippen LogP contribution in [-0.4, -0.2) is 22.5 Å². The summed E-state index contributed by atoms with van der Waals surface area (Å²) < 4.78 is 11.3. The molecule has 3 rings (SSSR count). The first-order valence-electron chi connectivity index (χ1n) is 13.6. The van der Waals surface area contributed by atoms with Crippen molar-refractivity contribution in [2.24, 2.45) is 5.92 Å². The van der Waals surface area contributed by atoms with Crippen LogP contribution in [0.25, 0.3) is 11.3 Å². The topological polar surface area (TPSA) is 61.3 Å². The van der Waals surface area contributed by atoms with E-state index >= 15 is 0 Å². The highest BCUT2D eigenvalue weighted by Crippen LogP contribution is 2.22. The van der Waals surface area contributed by atoms with E-state index in [0.717, 1.165) is 49.5 Å². The van der Waals surface area contributed by atoms with Gasteiger partial charge in [-0.2, -0.15) is 0 Å². The van der Waals surface area contributed by atoms with Crippen LogP contribution in [0.2, 0.25) is 0 Å². The van der Waals surface area contributed by atoms with Gasteiger partial charge in [0.25, 0.3) is 0 Å². The summed E-state index contributed by atoms with van der Waals surface area (Å²) in [6.45, 7) is 8.98. The molecule has 1 aromatic heterocycles. The summed E-state index contributed by atoms with van der Waals surface area (Å²) in [5.41, 5.74) is 3.36. The maximum Gasteiger partial charge on any atom is 0.344 e. The van der Waals surface area contributed by atoms with Crippen LogP contribution in [0.4, 0.5) is 0 Å². The van der Waals surface area contributed by atoms with Crippen molar-refractivity contribution in [2.75, 3.05) is 6.61 Å². The fraction of sp³-hybridized carbons (Fsp3) is 0.406. The van der Waals surface area contributed by atoms with Crippen LogP contribution < -0.4 is 9.47 Å². The molecule has 196 valence electrons. The van der Waals surface area contributed by atoms with Crippen molar-refractivity contribution < 1.29 is 14.3 Å². The zero-order valence-electron chi connectivity index (χ0n) is 22.3. The molecule has 0 aliphatic rings. The lowest BCUT2D eigenvalue weighted by atomic mass is 10.0. The van der Waals surface area contributed by atoms with Crippen molar-refractivity contribution in [3.8, 4) is 22.9 Å². The largest absolute Gasteiger partial charge is 0.494 e. The maximum absolute atomic E-state index is 12.5. The molecule has 0 bridgehead atoms. The zero-order valence-corrected chi connectivity index (χ0v) is 22.3. The average molecular weight is 501 g/mol. The molecule has 0 unspecified atom stereocenters. The number of aryl methyl sites for hydroxylation is 1. The second kappa shape index (κ2) is 15.6. The summed E-state index contributed by atoms with van der Waals surface area (Å²) in [5, 5.41) is 0. The standard InChI is InChI=1S/C32H40N2O3/c1-4-6-7-8-9-10-13-26-14-16-28(17-15-26)32(35)37-31-24-33-30(23-34-31)27-18-20-29(21-19-27)36-22-11-12-25(3)5-2/h4,14-21,23-25H,1,5-13,22H2,2-3H3/t25-/m0/s1. The number of nitrogens with zero attached hydrogens (tertiary/aromatic N) is 2. The SMILES string of the molecule is C=CCCCCCCc1ccc(C(=O)Oc2cnc(-c3ccc(OCCC[C@@H](C)CC)cc3)cn2)cc1. The van der Waals surface area contributed by atoms with Crippen molar-refractivity contribution in [2.45, 2.75) is 71.6 Å². The van der Waals surface area contributed by atoms with Crippen molar-refractivity contribution in [3.05, 3.63) is 84.7 Å². The minimum Gasteiger partial charge on any atom is -0.494 e. The summed E-state index contributed by atoms with van der Waals surface area (Å²) in [4.78, 5) is 21.2. The number of hydrogen-bond acceptors (Lipinski definition) is 5. The van der Waals surface area contributed by atoms with Crippen LogP contribution in [0.1, 0.15) is 81.1 Å². The first-order chi connectivity index (χ1) is 18.1. The molecule has 0 aliphatic carbocycles. The third-order valence-corrected chi connectivity index (χ3v) is 6.60. The molecule has 0 saturated heterocycles. The highest BCUT2D eigenvalue weighted by Gasteiger charge is 2.11. The fourth-order valence-corrected chi connectivity index (χ4v) is 4.00. The summed E-state index contributed by atoms with van der Waals surface area (Å²) in [7, 11) is 0. The number of carbonyl (C=O) groups is 1. The van der Waals surface area contributed by atoms with Gasteiger partial charge in [0.05, 0.1) is 30.3 Å². The first kappa shape index (κ1) is 28.1. The maximum atomic E-state index is 12.5. The molecule has 2 aromatic carbocycles. The van der Waals surface area contributed by atoms with Gasteiger partial charge in [-0.15, -0.1) is 6.58 Å². The van der Waals surface area contributed by atoms with Gasteiger partial charge in [0.2, 0.25) is 5.88 Å². The number of rotatable bonds is 16. The molecule has 0 radical (unpaired) electrons. The van der Waals surface area contributed by atoms with Gasteiger partial charge in [-0.1, -0.05) is 51.3 Å². The number of carbonyl (C=O) groups excluding carboxylic acids is 1. The monoisotopic (exact) mass is 500 g/mol. The Hall–Kier alpha value is -3.47. The Bertz CT molecular complexity index is 1080. The highest BCUT2D eigenvalue weighted by atomic mass is 16.5. The van der Waals surface area contributed by atoms with Crippen LogP contribution in [0.5, 0.6) is 11.6 Å². The van der Waals surface area contributed by atoms with Crippen molar-refractivity contribution in [1.29, 1.82) is 0 Å². The Balaban J connectivity index is 1.44. The highest BCUT2D eigenvalue weighted by molar-refractivity contribution is 5.90. The van der Waals surface area contributed by atoms with Gasteiger partial charge in [-0.25, -0.2) is 14.8 Å². The molecule has 1 heterocycles. The van der Waals surface area contributed by atoms with Gasteiger partial charge >= 0.3 is 5.97 Å². The van der Waals surface area contributed by atoms with E-state index < -0.39 is 5.97 Å². The summed E-state index contributed by atoms with van der Waals surface area (Å²) >= 11 is 0. The van der Waals surface area contributed by atoms with E-state index in [2.05, 4.69) is 30.4 Å². The molecule has 0 N–H and O–H groups in total. The molecule has 0 aliphatic heterocycles. The molecule has 1 atom stereocenters.